The van der Waals surface area contributed by atoms with Gasteiger partial charge in [0.2, 0.25) is 0 Å². The summed E-state index contributed by atoms with van der Waals surface area (Å²) in [7, 11) is 0. The Labute approximate surface area is 203 Å². The van der Waals surface area contributed by atoms with Crippen molar-refractivity contribution in [3.05, 3.63) is 29.8 Å². The average molecular weight is 498 g/mol. The summed E-state index contributed by atoms with van der Waals surface area (Å²) in [4.78, 5) is 28.9. The predicted molar refractivity (Wildman–Crippen MR) is 124 cm³/mol. The summed E-state index contributed by atoms with van der Waals surface area (Å²) >= 11 is 0. The van der Waals surface area contributed by atoms with Crippen LogP contribution in [0.25, 0.3) is 0 Å². The Kier molecular flexibility index (Phi) is 7.90. The fourth-order valence-electron chi connectivity index (χ4n) is 5.33. The summed E-state index contributed by atoms with van der Waals surface area (Å²) in [6.45, 7) is 4.34. The van der Waals surface area contributed by atoms with Gasteiger partial charge in [-0.05, 0) is 75.6 Å². The molecule has 2 heterocycles. The van der Waals surface area contributed by atoms with Gasteiger partial charge in [-0.15, -0.1) is 0 Å². The first-order valence-electron chi connectivity index (χ1n) is 12.5. The number of ether oxygens (including phenoxy) is 2. The van der Waals surface area contributed by atoms with Crippen molar-refractivity contribution in [2.45, 2.75) is 62.8 Å². The molecule has 4 rings (SSSR count). The van der Waals surface area contributed by atoms with E-state index >= 15 is 0 Å². The minimum Gasteiger partial charge on any atom is -0.447 e. The number of hydrogen-bond acceptors (Lipinski definition) is 6. The zero-order valence-electron chi connectivity index (χ0n) is 19.9. The molecule has 1 atom stereocenters. The van der Waals surface area contributed by atoms with Crippen LogP contribution >= 0.6 is 0 Å². The standard InChI is InChI=1S/C25H34F3N3O4/c26-25(27,28)19-3-1-4-20(17-19)31-14-12-30(13-15-31)11-8-18-6-9-24(10-7-18,23(29)33)35-22(32)21-5-2-16-34-21/h1,3-4,17-18,21H,2,5-16H2,(H2,29,33). The number of amides is 1. The Balaban J connectivity index is 1.21. The molecule has 3 aliphatic rings. The first-order chi connectivity index (χ1) is 16.7. The molecule has 0 bridgehead atoms. The number of esters is 1. The van der Waals surface area contributed by atoms with E-state index in [9.17, 15) is 22.8 Å². The van der Waals surface area contributed by atoms with Crippen molar-refractivity contribution in [3.8, 4) is 0 Å². The van der Waals surface area contributed by atoms with Crippen LogP contribution in [0.3, 0.4) is 0 Å². The maximum absolute atomic E-state index is 13.0. The highest BCUT2D eigenvalue weighted by atomic mass is 19.4. The minimum atomic E-state index is -4.34. The van der Waals surface area contributed by atoms with Crippen molar-refractivity contribution >= 4 is 17.6 Å². The number of carbonyl (C=O) groups is 2. The molecule has 3 fully saturated rings. The van der Waals surface area contributed by atoms with Crippen molar-refractivity contribution < 1.29 is 32.2 Å². The smallest absolute Gasteiger partial charge is 0.416 e. The van der Waals surface area contributed by atoms with E-state index in [0.717, 1.165) is 51.4 Å². The molecule has 2 saturated heterocycles. The second-order valence-electron chi connectivity index (χ2n) is 9.89. The van der Waals surface area contributed by atoms with E-state index in [0.29, 0.717) is 50.6 Å². The molecule has 0 spiro atoms. The van der Waals surface area contributed by atoms with E-state index in [2.05, 4.69) is 4.90 Å². The number of anilines is 1. The fraction of sp³-hybridized carbons (Fsp3) is 0.680. The number of rotatable bonds is 7. The third-order valence-electron chi connectivity index (χ3n) is 7.61. The van der Waals surface area contributed by atoms with Crippen LogP contribution in [-0.4, -0.2) is 67.8 Å². The zero-order valence-corrected chi connectivity index (χ0v) is 19.9. The normalized spacial score (nSPS) is 28.1. The summed E-state index contributed by atoms with van der Waals surface area (Å²) < 4.78 is 50.1. The highest BCUT2D eigenvalue weighted by molar-refractivity contribution is 5.87. The number of primary amides is 1. The predicted octanol–water partition coefficient (Wildman–Crippen LogP) is 3.35. The van der Waals surface area contributed by atoms with Gasteiger partial charge in [-0.2, -0.15) is 13.2 Å². The Hall–Kier alpha value is -2.33. The van der Waals surface area contributed by atoms with Crippen molar-refractivity contribution in [3.63, 3.8) is 0 Å². The topological polar surface area (TPSA) is 85.1 Å². The lowest BCUT2D eigenvalue weighted by atomic mass is 9.77. The highest BCUT2D eigenvalue weighted by Crippen LogP contribution is 2.37. The van der Waals surface area contributed by atoms with Crippen molar-refractivity contribution in [2.24, 2.45) is 11.7 Å². The molecular formula is C25H34F3N3O4. The lowest BCUT2D eigenvalue weighted by Gasteiger charge is -2.39. The van der Waals surface area contributed by atoms with E-state index in [1.54, 1.807) is 6.07 Å². The monoisotopic (exact) mass is 497 g/mol. The van der Waals surface area contributed by atoms with E-state index in [4.69, 9.17) is 15.2 Å². The molecule has 0 radical (unpaired) electrons. The average Bonchev–Trinajstić information content (AvgIpc) is 3.39. The van der Waals surface area contributed by atoms with Crippen molar-refractivity contribution in [1.29, 1.82) is 0 Å². The molecule has 7 nitrogen and oxygen atoms in total. The largest absolute Gasteiger partial charge is 0.447 e. The molecule has 2 N–H and O–H groups in total. The Morgan fingerprint density at radius 2 is 1.83 bits per heavy atom. The Morgan fingerprint density at radius 1 is 1.11 bits per heavy atom. The number of halogens is 3. The van der Waals surface area contributed by atoms with Gasteiger partial charge >= 0.3 is 12.1 Å². The molecule has 1 unspecified atom stereocenters. The summed E-state index contributed by atoms with van der Waals surface area (Å²) in [6.07, 6.45) is -0.207. The molecule has 1 aromatic rings. The number of alkyl halides is 3. The molecule has 10 heteroatoms. The first-order valence-corrected chi connectivity index (χ1v) is 12.5. The first kappa shape index (κ1) is 25.8. The number of nitrogens with two attached hydrogens (primary N) is 1. The van der Waals surface area contributed by atoms with Gasteiger partial charge in [0.1, 0.15) is 0 Å². The number of piperazine rings is 1. The Morgan fingerprint density at radius 3 is 2.43 bits per heavy atom. The summed E-state index contributed by atoms with van der Waals surface area (Å²) in [5, 5.41) is 0. The molecule has 2 aliphatic heterocycles. The maximum Gasteiger partial charge on any atom is 0.416 e. The van der Waals surface area contributed by atoms with E-state index < -0.39 is 35.3 Å². The van der Waals surface area contributed by atoms with Crippen molar-refractivity contribution in [1.82, 2.24) is 4.90 Å². The third-order valence-corrected chi connectivity index (χ3v) is 7.61. The lowest BCUT2D eigenvalue weighted by Crippen LogP contribution is -2.51. The molecular weight excluding hydrogens is 463 g/mol. The summed E-state index contributed by atoms with van der Waals surface area (Å²) in [6, 6.07) is 5.50. The van der Waals surface area contributed by atoms with Crippen LogP contribution in [0.2, 0.25) is 0 Å². The van der Waals surface area contributed by atoms with Crippen LogP contribution in [0.4, 0.5) is 18.9 Å². The highest BCUT2D eigenvalue weighted by Gasteiger charge is 2.45. The zero-order chi connectivity index (χ0) is 25.1. The molecule has 1 saturated carbocycles. The molecule has 0 aromatic heterocycles. The summed E-state index contributed by atoms with van der Waals surface area (Å²) in [5.74, 6) is -0.670. The van der Waals surface area contributed by atoms with Gasteiger partial charge in [0.25, 0.3) is 5.91 Å². The SMILES string of the molecule is NC(=O)C1(OC(=O)C2CCCO2)CCC(CCN2CCN(c3cccc(C(F)(F)F)c3)CC2)CC1. The number of nitrogens with zero attached hydrogens (tertiary/aromatic N) is 2. The van der Waals surface area contributed by atoms with E-state index in [-0.39, 0.29) is 0 Å². The second kappa shape index (κ2) is 10.7. The van der Waals surface area contributed by atoms with Crippen LogP contribution in [0, 0.1) is 5.92 Å². The summed E-state index contributed by atoms with van der Waals surface area (Å²) in [5.41, 5.74) is 4.39. The molecule has 194 valence electrons. The fourth-order valence-corrected chi connectivity index (χ4v) is 5.33. The van der Waals surface area contributed by atoms with Gasteiger partial charge in [-0.3, -0.25) is 9.69 Å². The maximum atomic E-state index is 13.0. The van der Waals surface area contributed by atoms with Crippen LogP contribution in [0.5, 0.6) is 0 Å². The van der Waals surface area contributed by atoms with Crippen LogP contribution < -0.4 is 10.6 Å². The van der Waals surface area contributed by atoms with Crippen LogP contribution in [-0.2, 0) is 25.2 Å². The lowest BCUT2D eigenvalue weighted by molar-refractivity contribution is -0.180. The van der Waals surface area contributed by atoms with Crippen molar-refractivity contribution in [2.75, 3.05) is 44.2 Å². The van der Waals surface area contributed by atoms with Gasteiger partial charge < -0.3 is 20.1 Å². The molecule has 1 aromatic carbocycles. The van der Waals surface area contributed by atoms with Gasteiger partial charge in [0.05, 0.1) is 5.56 Å². The van der Waals surface area contributed by atoms with Gasteiger partial charge in [0.15, 0.2) is 11.7 Å². The second-order valence-corrected chi connectivity index (χ2v) is 9.89. The molecule has 1 aliphatic carbocycles. The van der Waals surface area contributed by atoms with Gasteiger partial charge in [0, 0.05) is 38.5 Å². The third kappa shape index (κ3) is 6.27. The van der Waals surface area contributed by atoms with Crippen LogP contribution in [0.15, 0.2) is 24.3 Å². The van der Waals surface area contributed by atoms with Gasteiger partial charge in [-0.1, -0.05) is 6.07 Å². The molecule has 1 amide bonds. The quantitative estimate of drug-likeness (QED) is 0.582. The minimum absolute atomic E-state index is 0.408. The Bertz CT molecular complexity index is 888. The number of benzene rings is 1. The van der Waals surface area contributed by atoms with E-state index in [1.807, 2.05) is 4.90 Å². The number of carbonyl (C=O) groups excluding carboxylic acids is 2. The van der Waals surface area contributed by atoms with Crippen LogP contribution in [0.1, 0.15) is 50.5 Å². The molecule has 35 heavy (non-hydrogen) atoms. The van der Waals surface area contributed by atoms with Gasteiger partial charge in [-0.25, -0.2) is 4.79 Å². The number of hydrogen-bond donors (Lipinski definition) is 1. The van der Waals surface area contributed by atoms with E-state index in [1.165, 1.54) is 12.1 Å².